The van der Waals surface area contributed by atoms with Crippen molar-refractivity contribution in [2.75, 3.05) is 27.2 Å². The molecule has 0 aliphatic rings. The number of halogens is 1. The molecule has 0 spiro atoms. The van der Waals surface area contributed by atoms with Crippen molar-refractivity contribution in [2.45, 2.75) is 0 Å². The lowest BCUT2D eigenvalue weighted by Gasteiger charge is -2.14. The van der Waals surface area contributed by atoms with Gasteiger partial charge in [0.15, 0.2) is 5.78 Å². The third kappa shape index (κ3) is 4.82. The maximum absolute atomic E-state index is 11.9. The van der Waals surface area contributed by atoms with Crippen LogP contribution in [0.1, 0.15) is 10.4 Å². The van der Waals surface area contributed by atoms with Crippen LogP contribution >= 0.6 is 22.6 Å². The van der Waals surface area contributed by atoms with E-state index in [2.05, 4.69) is 27.9 Å². The van der Waals surface area contributed by atoms with Crippen LogP contribution in [0.5, 0.6) is 0 Å². The minimum absolute atomic E-state index is 0.0211. The number of nitrogens with one attached hydrogen (secondary N) is 1. The Balaban J connectivity index is 2.54. The summed E-state index contributed by atoms with van der Waals surface area (Å²) in [6, 6.07) is 7.40. The summed E-state index contributed by atoms with van der Waals surface area (Å²) in [5, 5.41) is 2.52. The molecule has 0 atom stereocenters. The fourth-order valence-corrected chi connectivity index (χ4v) is 1.71. The molecule has 0 bridgehead atoms. The van der Waals surface area contributed by atoms with Crippen LogP contribution in [-0.4, -0.2) is 43.8 Å². The molecular formula is C12H15IN2O2. The van der Waals surface area contributed by atoms with Gasteiger partial charge in [0.25, 0.3) is 0 Å². The Morgan fingerprint density at radius 3 is 2.35 bits per heavy atom. The van der Waals surface area contributed by atoms with Crippen LogP contribution in [-0.2, 0) is 4.79 Å². The maximum atomic E-state index is 11.9. The number of carbonyl (C=O) groups excluding carboxylic acids is 2. The molecule has 0 aliphatic heterocycles. The highest BCUT2D eigenvalue weighted by Gasteiger charge is 2.11. The van der Waals surface area contributed by atoms with Gasteiger partial charge >= 0.3 is 0 Å². The average molecular weight is 346 g/mol. The Hall–Kier alpha value is -0.950. The van der Waals surface area contributed by atoms with Crippen molar-refractivity contribution in [2.24, 2.45) is 0 Å². The molecule has 0 radical (unpaired) electrons. The van der Waals surface area contributed by atoms with Crippen LogP contribution in [0.4, 0.5) is 0 Å². The van der Waals surface area contributed by atoms with Crippen molar-refractivity contribution in [3.63, 3.8) is 0 Å². The van der Waals surface area contributed by atoms with Crippen LogP contribution < -0.4 is 5.32 Å². The molecule has 17 heavy (non-hydrogen) atoms. The lowest BCUT2D eigenvalue weighted by atomic mass is 10.1. The number of Topliss-reactive ketones (excluding diaryl/α,β-unsaturated/α-hetero) is 1. The second kappa shape index (κ2) is 6.70. The number of benzene rings is 1. The van der Waals surface area contributed by atoms with Crippen molar-refractivity contribution < 1.29 is 9.59 Å². The molecule has 0 aromatic heterocycles. The molecule has 1 amide bonds. The fourth-order valence-electron chi connectivity index (χ4n) is 1.35. The number of hydrogen-bond donors (Lipinski definition) is 1. The summed E-state index contributed by atoms with van der Waals surface area (Å²) < 4.78 is 1.10. The van der Waals surface area contributed by atoms with Crippen LogP contribution in [0.25, 0.3) is 0 Å². The standard InChI is InChI=1S/C12H15IN2O2/c1-14-12(17)8-15(2)7-11(16)9-3-5-10(13)6-4-9/h3-6H,7-8H2,1-2H3,(H,14,17). The van der Waals surface area contributed by atoms with E-state index < -0.39 is 0 Å². The van der Waals surface area contributed by atoms with Crippen molar-refractivity contribution in [1.29, 1.82) is 0 Å². The van der Waals surface area contributed by atoms with Gasteiger partial charge in [0, 0.05) is 16.2 Å². The van der Waals surface area contributed by atoms with Crippen LogP contribution in [0.3, 0.4) is 0 Å². The molecule has 0 aliphatic carbocycles. The molecule has 0 unspecified atom stereocenters. The topological polar surface area (TPSA) is 49.4 Å². The molecule has 0 fully saturated rings. The molecule has 4 nitrogen and oxygen atoms in total. The molecule has 0 saturated carbocycles. The predicted molar refractivity (Wildman–Crippen MR) is 75.1 cm³/mol. The van der Waals surface area contributed by atoms with Crippen molar-refractivity contribution >= 4 is 34.3 Å². The van der Waals surface area contributed by atoms with Gasteiger partial charge in [0.2, 0.25) is 5.91 Å². The molecule has 1 aromatic carbocycles. The maximum Gasteiger partial charge on any atom is 0.233 e. The van der Waals surface area contributed by atoms with E-state index in [1.807, 2.05) is 12.1 Å². The number of amides is 1. The summed E-state index contributed by atoms with van der Waals surface area (Å²) in [4.78, 5) is 24.7. The van der Waals surface area contributed by atoms with Crippen molar-refractivity contribution in [1.82, 2.24) is 10.2 Å². The number of rotatable bonds is 5. The normalized spacial score (nSPS) is 10.4. The predicted octanol–water partition coefficient (Wildman–Crippen LogP) is 1.15. The zero-order valence-electron chi connectivity index (χ0n) is 9.87. The molecule has 0 heterocycles. The van der Waals surface area contributed by atoms with Crippen LogP contribution in [0, 0.1) is 3.57 Å². The first-order chi connectivity index (χ1) is 8.02. The first kappa shape index (κ1) is 14.1. The van der Waals surface area contributed by atoms with Gasteiger partial charge in [0.1, 0.15) is 0 Å². The zero-order chi connectivity index (χ0) is 12.8. The first-order valence-corrected chi connectivity index (χ1v) is 6.28. The Morgan fingerprint density at radius 2 is 1.82 bits per heavy atom. The minimum Gasteiger partial charge on any atom is -0.358 e. The van der Waals surface area contributed by atoms with Gasteiger partial charge in [-0.3, -0.25) is 14.5 Å². The lowest BCUT2D eigenvalue weighted by Crippen LogP contribution is -2.36. The van der Waals surface area contributed by atoms with Gasteiger partial charge in [-0.1, -0.05) is 12.1 Å². The van der Waals surface area contributed by atoms with E-state index in [-0.39, 0.29) is 24.8 Å². The Labute approximate surface area is 115 Å². The van der Waals surface area contributed by atoms with Gasteiger partial charge in [0.05, 0.1) is 13.1 Å². The van der Waals surface area contributed by atoms with Gasteiger partial charge in [-0.15, -0.1) is 0 Å². The molecule has 5 heteroatoms. The van der Waals surface area contributed by atoms with Gasteiger partial charge in [-0.25, -0.2) is 0 Å². The third-order valence-electron chi connectivity index (χ3n) is 2.27. The highest BCUT2D eigenvalue weighted by molar-refractivity contribution is 14.1. The summed E-state index contributed by atoms with van der Waals surface area (Å²) in [5.41, 5.74) is 0.675. The van der Waals surface area contributed by atoms with E-state index in [9.17, 15) is 9.59 Å². The third-order valence-corrected chi connectivity index (χ3v) is 2.99. The largest absolute Gasteiger partial charge is 0.358 e. The quantitative estimate of drug-likeness (QED) is 0.643. The van der Waals surface area contributed by atoms with Crippen LogP contribution in [0.2, 0.25) is 0 Å². The van der Waals surface area contributed by atoms with E-state index in [1.54, 1.807) is 31.1 Å². The van der Waals surface area contributed by atoms with E-state index in [1.165, 1.54) is 0 Å². The Kier molecular flexibility index (Phi) is 5.57. The SMILES string of the molecule is CNC(=O)CN(C)CC(=O)c1ccc(I)cc1. The van der Waals surface area contributed by atoms with Crippen LogP contribution in [0.15, 0.2) is 24.3 Å². The van der Waals surface area contributed by atoms with Gasteiger partial charge in [-0.05, 0) is 41.8 Å². The van der Waals surface area contributed by atoms with E-state index in [0.29, 0.717) is 5.56 Å². The molecule has 1 N–H and O–H groups in total. The minimum atomic E-state index is -0.0945. The second-order valence-corrected chi connectivity index (χ2v) is 5.02. The number of carbonyl (C=O) groups is 2. The molecule has 1 aromatic rings. The van der Waals surface area contributed by atoms with E-state index >= 15 is 0 Å². The summed E-state index contributed by atoms with van der Waals surface area (Å²) in [6.07, 6.45) is 0. The molecule has 1 rings (SSSR count). The molecule has 92 valence electrons. The lowest BCUT2D eigenvalue weighted by molar-refractivity contribution is -0.121. The number of nitrogens with zero attached hydrogens (tertiary/aromatic N) is 1. The van der Waals surface area contributed by atoms with E-state index in [0.717, 1.165) is 3.57 Å². The monoisotopic (exact) mass is 346 g/mol. The summed E-state index contributed by atoms with van der Waals surface area (Å²) in [6.45, 7) is 0.473. The van der Waals surface area contributed by atoms with E-state index in [4.69, 9.17) is 0 Å². The first-order valence-electron chi connectivity index (χ1n) is 5.21. The summed E-state index contributed by atoms with van der Waals surface area (Å²) in [7, 11) is 3.33. The number of ketones is 1. The number of hydrogen-bond acceptors (Lipinski definition) is 3. The van der Waals surface area contributed by atoms with Crippen molar-refractivity contribution in [3.05, 3.63) is 33.4 Å². The fraction of sp³-hybridized carbons (Fsp3) is 0.333. The second-order valence-electron chi connectivity index (χ2n) is 3.78. The number of likely N-dealkylation sites (N-methyl/N-ethyl adjacent to an activating group) is 2. The van der Waals surface area contributed by atoms with Crippen molar-refractivity contribution in [3.8, 4) is 0 Å². The Bertz CT molecular complexity index is 403. The smallest absolute Gasteiger partial charge is 0.233 e. The van der Waals surface area contributed by atoms with Gasteiger partial charge < -0.3 is 5.32 Å². The van der Waals surface area contributed by atoms with Gasteiger partial charge in [-0.2, -0.15) is 0 Å². The molecular weight excluding hydrogens is 331 g/mol. The summed E-state index contributed by atoms with van der Waals surface area (Å²) in [5.74, 6) is -0.0734. The summed E-state index contributed by atoms with van der Waals surface area (Å²) >= 11 is 2.19. The Morgan fingerprint density at radius 1 is 1.24 bits per heavy atom. The highest BCUT2D eigenvalue weighted by atomic mass is 127. The molecule has 0 saturated heterocycles. The zero-order valence-corrected chi connectivity index (χ0v) is 12.0. The highest BCUT2D eigenvalue weighted by Crippen LogP contribution is 2.07. The average Bonchev–Trinajstić information content (AvgIpc) is 2.29.